The zero-order valence-electron chi connectivity index (χ0n) is 11.9. The van der Waals surface area contributed by atoms with Crippen molar-refractivity contribution in [2.45, 2.75) is 46.2 Å². The lowest BCUT2D eigenvalue weighted by Gasteiger charge is -2.26. The van der Waals surface area contributed by atoms with E-state index in [1.54, 1.807) is 0 Å². The summed E-state index contributed by atoms with van der Waals surface area (Å²) in [5, 5.41) is 3.56. The first-order chi connectivity index (χ1) is 8.65. The Hall–Kier alpha value is -0.380. The smallest absolute Gasteiger partial charge is 0.0300 e. The SMILES string of the molecule is Cc1ccc(CNCCN(CC2CC2)C(C)C)s1. The first-order valence-electron chi connectivity index (χ1n) is 7.15. The van der Waals surface area contributed by atoms with Crippen LogP contribution < -0.4 is 5.32 Å². The van der Waals surface area contributed by atoms with E-state index in [9.17, 15) is 0 Å². The molecule has 0 radical (unpaired) electrons. The molecule has 0 amide bonds. The number of rotatable bonds is 8. The second kappa shape index (κ2) is 6.69. The van der Waals surface area contributed by atoms with Gasteiger partial charge in [-0.2, -0.15) is 0 Å². The van der Waals surface area contributed by atoms with E-state index in [0.717, 1.165) is 19.0 Å². The lowest BCUT2D eigenvalue weighted by molar-refractivity contribution is 0.213. The molecule has 1 heterocycles. The second-order valence-electron chi connectivity index (χ2n) is 5.72. The molecule has 1 N–H and O–H groups in total. The van der Waals surface area contributed by atoms with Gasteiger partial charge >= 0.3 is 0 Å². The van der Waals surface area contributed by atoms with Gasteiger partial charge in [0.25, 0.3) is 0 Å². The van der Waals surface area contributed by atoms with Gasteiger partial charge in [0.2, 0.25) is 0 Å². The molecule has 3 heteroatoms. The van der Waals surface area contributed by atoms with Crippen molar-refractivity contribution >= 4 is 11.3 Å². The third kappa shape index (κ3) is 4.71. The van der Waals surface area contributed by atoms with E-state index in [2.05, 4.69) is 43.1 Å². The maximum absolute atomic E-state index is 3.56. The number of thiophene rings is 1. The minimum Gasteiger partial charge on any atom is -0.311 e. The molecule has 1 aliphatic rings. The predicted molar refractivity (Wildman–Crippen MR) is 80.2 cm³/mol. The Morgan fingerprint density at radius 3 is 2.72 bits per heavy atom. The van der Waals surface area contributed by atoms with E-state index in [-0.39, 0.29) is 0 Å². The summed E-state index contributed by atoms with van der Waals surface area (Å²) in [4.78, 5) is 5.47. The van der Waals surface area contributed by atoms with Gasteiger partial charge in [-0.15, -0.1) is 11.3 Å². The molecule has 0 bridgehead atoms. The minimum absolute atomic E-state index is 0.677. The Balaban J connectivity index is 1.63. The van der Waals surface area contributed by atoms with E-state index in [1.807, 2.05) is 11.3 Å². The molecular weight excluding hydrogens is 240 g/mol. The Morgan fingerprint density at radius 1 is 1.39 bits per heavy atom. The highest BCUT2D eigenvalue weighted by Gasteiger charge is 2.24. The first kappa shape index (κ1) is 14.0. The van der Waals surface area contributed by atoms with Crippen LogP contribution in [0, 0.1) is 12.8 Å². The maximum atomic E-state index is 3.56. The number of nitrogens with one attached hydrogen (secondary N) is 1. The number of hydrogen-bond donors (Lipinski definition) is 1. The van der Waals surface area contributed by atoms with E-state index in [1.165, 1.54) is 35.7 Å². The number of hydrogen-bond acceptors (Lipinski definition) is 3. The quantitative estimate of drug-likeness (QED) is 0.727. The topological polar surface area (TPSA) is 15.3 Å². The van der Waals surface area contributed by atoms with Gasteiger partial charge in [0, 0.05) is 42.0 Å². The molecule has 0 aromatic carbocycles. The standard InChI is InChI=1S/C15H26N2S/c1-12(2)17(11-14-5-6-14)9-8-16-10-15-7-4-13(3)18-15/h4,7,12,14,16H,5-6,8-11H2,1-3H3. The lowest BCUT2D eigenvalue weighted by atomic mass is 10.2. The molecule has 1 aromatic heterocycles. The van der Waals surface area contributed by atoms with Crippen molar-refractivity contribution in [2.24, 2.45) is 5.92 Å². The molecule has 0 spiro atoms. The van der Waals surface area contributed by atoms with Crippen LogP contribution in [0.4, 0.5) is 0 Å². The van der Waals surface area contributed by atoms with Gasteiger partial charge in [0.05, 0.1) is 0 Å². The van der Waals surface area contributed by atoms with Crippen molar-refractivity contribution in [3.63, 3.8) is 0 Å². The fourth-order valence-electron chi connectivity index (χ4n) is 2.21. The second-order valence-corrected chi connectivity index (χ2v) is 7.09. The van der Waals surface area contributed by atoms with Crippen LogP contribution in [0.2, 0.25) is 0 Å². The van der Waals surface area contributed by atoms with Crippen LogP contribution in [-0.2, 0) is 6.54 Å². The number of nitrogens with zero attached hydrogens (tertiary/aromatic N) is 1. The molecule has 2 rings (SSSR count). The van der Waals surface area contributed by atoms with Crippen LogP contribution in [0.1, 0.15) is 36.4 Å². The molecule has 0 atom stereocenters. The fourth-order valence-corrected chi connectivity index (χ4v) is 3.07. The van der Waals surface area contributed by atoms with Crippen molar-refractivity contribution in [2.75, 3.05) is 19.6 Å². The van der Waals surface area contributed by atoms with Crippen molar-refractivity contribution < 1.29 is 0 Å². The summed E-state index contributed by atoms with van der Waals surface area (Å²) in [5.74, 6) is 0.993. The van der Waals surface area contributed by atoms with Crippen LogP contribution in [0.25, 0.3) is 0 Å². The van der Waals surface area contributed by atoms with Crippen LogP contribution in [0.3, 0.4) is 0 Å². The Kier molecular flexibility index (Phi) is 5.22. The van der Waals surface area contributed by atoms with Gasteiger partial charge in [0.1, 0.15) is 0 Å². The summed E-state index contributed by atoms with van der Waals surface area (Å²) >= 11 is 1.90. The summed E-state index contributed by atoms with van der Waals surface area (Å²) < 4.78 is 0. The first-order valence-corrected chi connectivity index (χ1v) is 7.97. The van der Waals surface area contributed by atoms with Gasteiger partial charge in [-0.1, -0.05) is 0 Å². The third-order valence-corrected chi connectivity index (χ3v) is 4.59. The predicted octanol–water partition coefficient (Wildman–Crippen LogP) is 3.27. The third-order valence-electron chi connectivity index (χ3n) is 3.59. The van der Waals surface area contributed by atoms with Crippen LogP contribution in [0.15, 0.2) is 12.1 Å². The highest BCUT2D eigenvalue weighted by Crippen LogP contribution is 2.30. The van der Waals surface area contributed by atoms with E-state index in [4.69, 9.17) is 0 Å². The molecule has 0 unspecified atom stereocenters. The van der Waals surface area contributed by atoms with Gasteiger partial charge < -0.3 is 5.32 Å². The molecule has 0 saturated heterocycles. The molecule has 0 aliphatic heterocycles. The van der Waals surface area contributed by atoms with Gasteiger partial charge in [-0.3, -0.25) is 4.90 Å². The molecule has 1 fully saturated rings. The summed E-state index contributed by atoms with van der Waals surface area (Å²) in [5.41, 5.74) is 0. The molecule has 1 aliphatic carbocycles. The zero-order chi connectivity index (χ0) is 13.0. The maximum Gasteiger partial charge on any atom is 0.0300 e. The Bertz CT molecular complexity index is 355. The molecule has 1 saturated carbocycles. The Labute approximate surface area is 115 Å². The average molecular weight is 266 g/mol. The Morgan fingerprint density at radius 2 is 2.17 bits per heavy atom. The normalized spacial score (nSPS) is 15.8. The van der Waals surface area contributed by atoms with Gasteiger partial charge in [-0.25, -0.2) is 0 Å². The zero-order valence-corrected chi connectivity index (χ0v) is 12.7. The van der Waals surface area contributed by atoms with Crippen LogP contribution in [0.5, 0.6) is 0 Å². The molecule has 2 nitrogen and oxygen atoms in total. The molecular formula is C15H26N2S. The monoisotopic (exact) mass is 266 g/mol. The van der Waals surface area contributed by atoms with E-state index in [0.29, 0.717) is 6.04 Å². The summed E-state index contributed by atoms with van der Waals surface area (Å²) in [6.07, 6.45) is 2.90. The highest BCUT2D eigenvalue weighted by molar-refractivity contribution is 7.11. The molecule has 18 heavy (non-hydrogen) atoms. The van der Waals surface area contributed by atoms with Gasteiger partial charge in [-0.05, 0) is 51.7 Å². The average Bonchev–Trinajstić information content (AvgIpc) is 3.05. The van der Waals surface area contributed by atoms with Crippen molar-refractivity contribution in [1.82, 2.24) is 10.2 Å². The van der Waals surface area contributed by atoms with Crippen molar-refractivity contribution in [1.29, 1.82) is 0 Å². The molecule has 102 valence electrons. The van der Waals surface area contributed by atoms with Crippen LogP contribution >= 0.6 is 11.3 Å². The van der Waals surface area contributed by atoms with Crippen molar-refractivity contribution in [3.05, 3.63) is 21.9 Å². The largest absolute Gasteiger partial charge is 0.311 e. The summed E-state index contributed by atoms with van der Waals surface area (Å²) in [6.45, 7) is 11.4. The minimum atomic E-state index is 0.677. The van der Waals surface area contributed by atoms with Gasteiger partial charge in [0.15, 0.2) is 0 Å². The molecule has 1 aromatic rings. The fraction of sp³-hybridized carbons (Fsp3) is 0.733. The van der Waals surface area contributed by atoms with E-state index >= 15 is 0 Å². The number of aryl methyl sites for hydroxylation is 1. The summed E-state index contributed by atoms with van der Waals surface area (Å²) in [6, 6.07) is 5.11. The van der Waals surface area contributed by atoms with Crippen LogP contribution in [-0.4, -0.2) is 30.6 Å². The lowest BCUT2D eigenvalue weighted by Crippen LogP contribution is -2.38. The van der Waals surface area contributed by atoms with Crippen molar-refractivity contribution in [3.8, 4) is 0 Å². The highest BCUT2D eigenvalue weighted by atomic mass is 32.1. The summed E-state index contributed by atoms with van der Waals surface area (Å²) in [7, 11) is 0. The van der Waals surface area contributed by atoms with E-state index < -0.39 is 0 Å².